The number of fused-ring (bicyclic) bond motifs is 1. The van der Waals surface area contributed by atoms with E-state index >= 15 is 0 Å². The number of rotatable bonds is 5. The topological polar surface area (TPSA) is 102 Å². The Hall–Kier alpha value is -4.20. The Morgan fingerprint density at radius 2 is 1.87 bits per heavy atom. The number of nitrogen functional groups attached to an aromatic ring is 1. The lowest BCUT2D eigenvalue weighted by Crippen LogP contribution is -2.13. The lowest BCUT2D eigenvalue weighted by molar-refractivity contribution is 0.102. The number of nitrogens with one attached hydrogen (secondary N) is 2. The van der Waals surface area contributed by atoms with Crippen LogP contribution in [0.4, 0.5) is 27.3 Å². The number of hydrogen-bond donors (Lipinski definition) is 3. The van der Waals surface area contributed by atoms with Gasteiger partial charge in [0.25, 0.3) is 5.91 Å². The van der Waals surface area contributed by atoms with Crippen LogP contribution in [0.2, 0.25) is 0 Å². The van der Waals surface area contributed by atoms with Crippen molar-refractivity contribution in [2.75, 3.05) is 23.5 Å². The van der Waals surface area contributed by atoms with Crippen molar-refractivity contribution in [3.8, 4) is 5.75 Å². The minimum atomic E-state index is -0.479. The number of aromatic nitrogens is 2. The van der Waals surface area contributed by atoms with Gasteiger partial charge in [-0.15, -0.1) is 0 Å². The number of nitrogens with two attached hydrogens (primary N) is 1. The summed E-state index contributed by atoms with van der Waals surface area (Å²) in [6, 6.07) is 16.2. The predicted molar refractivity (Wildman–Crippen MR) is 115 cm³/mol. The fourth-order valence-electron chi connectivity index (χ4n) is 3.00. The molecule has 0 aliphatic rings. The van der Waals surface area contributed by atoms with E-state index in [1.165, 1.54) is 24.5 Å². The molecule has 4 aromatic rings. The van der Waals surface area contributed by atoms with Gasteiger partial charge in [-0.25, -0.2) is 14.4 Å². The van der Waals surface area contributed by atoms with E-state index in [0.717, 1.165) is 11.1 Å². The van der Waals surface area contributed by atoms with Crippen LogP contribution in [0.15, 0.2) is 67.0 Å². The van der Waals surface area contributed by atoms with E-state index < -0.39 is 11.7 Å². The van der Waals surface area contributed by atoms with Gasteiger partial charge < -0.3 is 21.1 Å². The molecule has 3 aromatic carbocycles. The van der Waals surface area contributed by atoms with Gasteiger partial charge in [-0.2, -0.15) is 0 Å². The zero-order valence-corrected chi connectivity index (χ0v) is 16.0. The second-order valence-electron chi connectivity index (χ2n) is 6.47. The van der Waals surface area contributed by atoms with Crippen molar-refractivity contribution in [1.29, 1.82) is 0 Å². The molecule has 0 fully saturated rings. The van der Waals surface area contributed by atoms with E-state index in [1.807, 2.05) is 18.2 Å². The zero-order chi connectivity index (χ0) is 21.1. The summed E-state index contributed by atoms with van der Waals surface area (Å²) in [6.45, 7) is 0. The van der Waals surface area contributed by atoms with Crippen molar-refractivity contribution >= 4 is 39.7 Å². The predicted octanol–water partition coefficient (Wildman–Crippen LogP) is 4.36. The molecule has 4 N–H and O–H groups in total. The van der Waals surface area contributed by atoms with E-state index in [-0.39, 0.29) is 11.4 Å². The number of nitrogens with zero attached hydrogens (tertiary/aromatic N) is 2. The second kappa shape index (κ2) is 8.04. The SMILES string of the molecule is COc1cccc2c(Nc3ccc(C(=O)Nc4cc(F)ccc4N)cc3)ncnc12. The van der Waals surface area contributed by atoms with E-state index in [1.54, 1.807) is 31.4 Å². The summed E-state index contributed by atoms with van der Waals surface area (Å²) in [5.41, 5.74) is 8.12. The molecule has 1 heterocycles. The number of benzene rings is 3. The average Bonchev–Trinajstić information content (AvgIpc) is 2.76. The smallest absolute Gasteiger partial charge is 0.255 e. The second-order valence-corrected chi connectivity index (χ2v) is 6.47. The summed E-state index contributed by atoms with van der Waals surface area (Å²) in [4.78, 5) is 21.0. The number of methoxy groups -OCH3 is 1. The molecule has 1 aromatic heterocycles. The molecule has 0 unspecified atom stereocenters. The van der Waals surface area contributed by atoms with Crippen LogP contribution < -0.4 is 21.1 Å². The van der Waals surface area contributed by atoms with E-state index in [2.05, 4.69) is 20.6 Å². The quantitative estimate of drug-likeness (QED) is 0.428. The van der Waals surface area contributed by atoms with Crippen LogP contribution in [-0.2, 0) is 0 Å². The van der Waals surface area contributed by atoms with Gasteiger partial charge >= 0.3 is 0 Å². The number of para-hydroxylation sites is 1. The zero-order valence-electron chi connectivity index (χ0n) is 16.0. The van der Waals surface area contributed by atoms with Gasteiger partial charge in [0, 0.05) is 16.6 Å². The highest BCUT2D eigenvalue weighted by molar-refractivity contribution is 6.06. The van der Waals surface area contributed by atoms with Gasteiger partial charge in [0.15, 0.2) is 0 Å². The van der Waals surface area contributed by atoms with Gasteiger partial charge in [0.2, 0.25) is 0 Å². The fraction of sp³-hybridized carbons (Fsp3) is 0.0455. The van der Waals surface area contributed by atoms with Crippen LogP contribution in [0.5, 0.6) is 5.75 Å². The molecule has 0 bridgehead atoms. The number of hydrogen-bond acceptors (Lipinski definition) is 6. The van der Waals surface area contributed by atoms with Crippen molar-refractivity contribution in [2.45, 2.75) is 0 Å². The Kier molecular flexibility index (Phi) is 5.13. The molecule has 1 amide bonds. The van der Waals surface area contributed by atoms with Crippen LogP contribution in [0.3, 0.4) is 0 Å². The van der Waals surface area contributed by atoms with E-state index in [4.69, 9.17) is 10.5 Å². The lowest BCUT2D eigenvalue weighted by Gasteiger charge is -2.11. The van der Waals surface area contributed by atoms with Crippen LogP contribution in [0.1, 0.15) is 10.4 Å². The van der Waals surface area contributed by atoms with Gasteiger partial charge in [-0.05, 0) is 54.6 Å². The Morgan fingerprint density at radius 3 is 2.63 bits per heavy atom. The van der Waals surface area contributed by atoms with Crippen molar-refractivity contribution in [3.63, 3.8) is 0 Å². The third kappa shape index (κ3) is 3.83. The van der Waals surface area contributed by atoms with Crippen LogP contribution in [0, 0.1) is 5.82 Å². The number of carbonyl (C=O) groups is 1. The van der Waals surface area contributed by atoms with Crippen LogP contribution in [0.25, 0.3) is 10.9 Å². The molecule has 0 atom stereocenters. The maximum absolute atomic E-state index is 13.4. The van der Waals surface area contributed by atoms with Crippen molar-refractivity contribution in [3.05, 3.63) is 78.4 Å². The van der Waals surface area contributed by atoms with Crippen LogP contribution in [-0.4, -0.2) is 23.0 Å². The molecule has 0 aliphatic heterocycles. The Balaban J connectivity index is 1.54. The highest BCUT2D eigenvalue weighted by Crippen LogP contribution is 2.29. The first-order chi connectivity index (χ1) is 14.5. The van der Waals surface area contributed by atoms with Crippen molar-refractivity contribution < 1.29 is 13.9 Å². The molecule has 8 heteroatoms. The monoisotopic (exact) mass is 403 g/mol. The van der Waals surface area contributed by atoms with Gasteiger partial charge in [-0.3, -0.25) is 4.79 Å². The Morgan fingerprint density at radius 1 is 1.07 bits per heavy atom. The highest BCUT2D eigenvalue weighted by Gasteiger charge is 2.11. The van der Waals surface area contributed by atoms with E-state index in [0.29, 0.717) is 22.6 Å². The molecule has 4 rings (SSSR count). The summed E-state index contributed by atoms with van der Waals surface area (Å²) in [5, 5.41) is 6.64. The summed E-state index contributed by atoms with van der Waals surface area (Å²) < 4.78 is 18.7. The minimum Gasteiger partial charge on any atom is -0.494 e. The first-order valence-electron chi connectivity index (χ1n) is 9.06. The lowest BCUT2D eigenvalue weighted by atomic mass is 10.1. The average molecular weight is 403 g/mol. The number of halogens is 1. The van der Waals surface area contributed by atoms with Gasteiger partial charge in [0.1, 0.15) is 29.2 Å². The van der Waals surface area contributed by atoms with Gasteiger partial charge in [0.05, 0.1) is 18.5 Å². The van der Waals surface area contributed by atoms with Gasteiger partial charge in [-0.1, -0.05) is 6.07 Å². The number of amides is 1. The molecular formula is C22H18FN5O2. The third-order valence-corrected chi connectivity index (χ3v) is 4.52. The molecule has 30 heavy (non-hydrogen) atoms. The summed E-state index contributed by atoms with van der Waals surface area (Å²) in [7, 11) is 1.59. The first kappa shape index (κ1) is 19.1. The molecular weight excluding hydrogens is 385 g/mol. The van der Waals surface area contributed by atoms with Crippen molar-refractivity contribution in [2.24, 2.45) is 0 Å². The third-order valence-electron chi connectivity index (χ3n) is 4.52. The molecule has 150 valence electrons. The fourth-order valence-corrected chi connectivity index (χ4v) is 3.00. The largest absolute Gasteiger partial charge is 0.494 e. The first-order valence-corrected chi connectivity index (χ1v) is 9.06. The van der Waals surface area contributed by atoms with Crippen LogP contribution >= 0.6 is 0 Å². The number of anilines is 4. The number of carbonyl (C=O) groups excluding carboxylic acids is 1. The Labute approximate surface area is 171 Å². The maximum atomic E-state index is 13.4. The molecule has 0 saturated heterocycles. The standard InChI is InChI=1S/C22H18FN5O2/c1-30-19-4-2-3-16-20(19)25-12-26-21(16)27-15-8-5-13(6-9-15)22(29)28-18-11-14(23)7-10-17(18)24/h2-12H,24H2,1H3,(H,28,29)(H,25,26,27). The summed E-state index contributed by atoms with van der Waals surface area (Å²) in [5.74, 6) is 0.397. The molecule has 7 nitrogen and oxygen atoms in total. The summed E-state index contributed by atoms with van der Waals surface area (Å²) in [6.07, 6.45) is 1.46. The summed E-state index contributed by atoms with van der Waals surface area (Å²) >= 11 is 0. The molecule has 0 aliphatic carbocycles. The van der Waals surface area contributed by atoms with Crippen molar-refractivity contribution in [1.82, 2.24) is 9.97 Å². The normalized spacial score (nSPS) is 10.6. The van der Waals surface area contributed by atoms with E-state index in [9.17, 15) is 9.18 Å². The molecule has 0 radical (unpaired) electrons. The maximum Gasteiger partial charge on any atom is 0.255 e. The highest BCUT2D eigenvalue weighted by atomic mass is 19.1. The minimum absolute atomic E-state index is 0.226. The molecule has 0 saturated carbocycles. The molecule has 0 spiro atoms. The number of ether oxygens (including phenoxy) is 1. The Bertz CT molecular complexity index is 1230.